The second-order valence-electron chi connectivity index (χ2n) is 4.77. The lowest BCUT2D eigenvalue weighted by Crippen LogP contribution is -2.17. The molecule has 92 valence electrons. The lowest BCUT2D eigenvalue weighted by molar-refractivity contribution is 0.235. The molecule has 0 aliphatic carbocycles. The Morgan fingerprint density at radius 1 is 1.19 bits per heavy atom. The Bertz CT molecular complexity index is 300. The maximum atomic E-state index is 5.71. The Labute approximate surface area is 100 Å². The normalized spacial score (nSPS) is 10.8. The third kappa shape index (κ3) is 4.65. The highest BCUT2D eigenvalue weighted by atomic mass is 16.5. The fourth-order valence-electron chi connectivity index (χ4n) is 1.30. The van der Waals surface area contributed by atoms with Crippen molar-refractivity contribution in [3.8, 4) is 5.75 Å². The molecule has 16 heavy (non-hydrogen) atoms. The number of ether oxygens (including phenoxy) is 1. The van der Waals surface area contributed by atoms with Crippen LogP contribution in [-0.2, 0) is 5.41 Å². The Hall–Kier alpha value is -1.05. The van der Waals surface area contributed by atoms with Gasteiger partial charge in [0.2, 0.25) is 0 Å². The van der Waals surface area contributed by atoms with Crippen molar-refractivity contribution in [2.45, 2.75) is 60.0 Å². The van der Waals surface area contributed by atoms with Crippen LogP contribution in [0.2, 0.25) is 0 Å². The molecule has 0 spiro atoms. The van der Waals surface area contributed by atoms with Gasteiger partial charge in [0.1, 0.15) is 5.75 Å². The van der Waals surface area contributed by atoms with Gasteiger partial charge < -0.3 is 4.74 Å². The number of nitrogens with zero attached hydrogens (tertiary/aromatic N) is 1. The minimum atomic E-state index is 0.0332. The Morgan fingerprint density at radius 3 is 2.19 bits per heavy atom. The van der Waals surface area contributed by atoms with Gasteiger partial charge in [0.05, 0.1) is 11.8 Å². The van der Waals surface area contributed by atoms with Gasteiger partial charge in [-0.05, 0) is 26.0 Å². The van der Waals surface area contributed by atoms with Crippen LogP contribution < -0.4 is 4.74 Å². The monoisotopic (exact) mass is 223 g/mol. The van der Waals surface area contributed by atoms with Crippen LogP contribution in [0, 0.1) is 0 Å². The van der Waals surface area contributed by atoms with Crippen molar-refractivity contribution < 1.29 is 4.74 Å². The van der Waals surface area contributed by atoms with E-state index in [4.69, 9.17) is 4.74 Å². The molecule has 0 fully saturated rings. The average Bonchev–Trinajstić information content (AvgIpc) is 2.19. The molecule has 1 heterocycles. The zero-order chi connectivity index (χ0) is 12.8. The highest BCUT2D eigenvalue weighted by molar-refractivity contribution is 5.32. The van der Waals surface area contributed by atoms with Crippen molar-refractivity contribution in [3.63, 3.8) is 0 Å². The van der Waals surface area contributed by atoms with Crippen LogP contribution >= 0.6 is 0 Å². The standard InChI is InChI=1S/C12H19NO.C2H6/c1-9(2)14-10-7-6-8-13-11(10)12(3,4)5;1-2/h6-9H,1-5H3;1-2H3. The third-order valence-electron chi connectivity index (χ3n) is 1.84. The molecule has 0 unspecified atom stereocenters. The highest BCUT2D eigenvalue weighted by Crippen LogP contribution is 2.29. The summed E-state index contributed by atoms with van der Waals surface area (Å²) in [5, 5.41) is 0. The first-order valence-corrected chi connectivity index (χ1v) is 6.03. The molecule has 0 radical (unpaired) electrons. The molecular weight excluding hydrogens is 198 g/mol. The molecule has 0 aliphatic heterocycles. The van der Waals surface area contributed by atoms with Gasteiger partial charge in [0, 0.05) is 11.6 Å². The number of hydrogen-bond acceptors (Lipinski definition) is 2. The van der Waals surface area contributed by atoms with Gasteiger partial charge in [-0.1, -0.05) is 34.6 Å². The van der Waals surface area contributed by atoms with E-state index in [-0.39, 0.29) is 11.5 Å². The third-order valence-corrected chi connectivity index (χ3v) is 1.84. The molecule has 1 rings (SSSR count). The summed E-state index contributed by atoms with van der Waals surface area (Å²) in [4.78, 5) is 4.38. The molecule has 1 aromatic heterocycles. The van der Waals surface area contributed by atoms with Gasteiger partial charge in [-0.2, -0.15) is 0 Å². The lowest BCUT2D eigenvalue weighted by Gasteiger charge is -2.22. The van der Waals surface area contributed by atoms with Crippen molar-refractivity contribution >= 4 is 0 Å². The minimum absolute atomic E-state index is 0.0332. The van der Waals surface area contributed by atoms with Gasteiger partial charge >= 0.3 is 0 Å². The molecule has 0 bridgehead atoms. The van der Waals surface area contributed by atoms with Crippen LogP contribution in [0.1, 0.15) is 54.2 Å². The summed E-state index contributed by atoms with van der Waals surface area (Å²) in [6.45, 7) is 14.5. The first-order chi connectivity index (χ1) is 7.41. The summed E-state index contributed by atoms with van der Waals surface area (Å²) in [5.41, 5.74) is 1.06. The van der Waals surface area contributed by atoms with Gasteiger partial charge in [0.25, 0.3) is 0 Å². The molecule has 2 nitrogen and oxygen atoms in total. The minimum Gasteiger partial charge on any atom is -0.489 e. The zero-order valence-electron chi connectivity index (χ0n) is 11.7. The largest absolute Gasteiger partial charge is 0.489 e. The summed E-state index contributed by atoms with van der Waals surface area (Å²) in [6, 6.07) is 3.89. The van der Waals surface area contributed by atoms with Gasteiger partial charge in [-0.3, -0.25) is 4.98 Å². The predicted octanol–water partition coefficient (Wildman–Crippen LogP) is 4.19. The fourth-order valence-corrected chi connectivity index (χ4v) is 1.30. The van der Waals surface area contributed by atoms with Crippen LogP contribution in [0.5, 0.6) is 5.75 Å². The summed E-state index contributed by atoms with van der Waals surface area (Å²) in [7, 11) is 0. The lowest BCUT2D eigenvalue weighted by atomic mass is 9.91. The van der Waals surface area contributed by atoms with Crippen LogP contribution in [0.25, 0.3) is 0 Å². The molecule has 0 amide bonds. The van der Waals surface area contributed by atoms with E-state index in [1.165, 1.54) is 0 Å². The molecule has 0 aliphatic rings. The molecule has 0 aromatic carbocycles. The fraction of sp³-hybridized carbons (Fsp3) is 0.643. The molecule has 2 heteroatoms. The number of pyridine rings is 1. The Balaban J connectivity index is 0.00000106. The number of aromatic nitrogens is 1. The first-order valence-electron chi connectivity index (χ1n) is 6.03. The van der Waals surface area contributed by atoms with E-state index in [0.29, 0.717) is 0 Å². The summed E-state index contributed by atoms with van der Waals surface area (Å²) in [6.07, 6.45) is 2.01. The molecular formula is C14H25NO. The van der Waals surface area contributed by atoms with Gasteiger partial charge in [0.15, 0.2) is 0 Å². The highest BCUT2D eigenvalue weighted by Gasteiger charge is 2.20. The number of rotatable bonds is 2. The first kappa shape index (κ1) is 14.9. The van der Waals surface area contributed by atoms with Crippen molar-refractivity contribution in [1.29, 1.82) is 0 Å². The molecule has 0 N–H and O–H groups in total. The van der Waals surface area contributed by atoms with Gasteiger partial charge in [-0.15, -0.1) is 0 Å². The molecule has 0 saturated heterocycles. The van der Waals surface area contributed by atoms with Crippen LogP contribution in [0.4, 0.5) is 0 Å². The van der Waals surface area contributed by atoms with Gasteiger partial charge in [-0.25, -0.2) is 0 Å². The Kier molecular flexibility index (Phi) is 6.09. The SMILES string of the molecule is CC.CC(C)Oc1cccnc1C(C)(C)C. The summed E-state index contributed by atoms with van der Waals surface area (Å²) >= 11 is 0. The predicted molar refractivity (Wildman–Crippen MR) is 70.0 cm³/mol. The van der Waals surface area contributed by atoms with Crippen molar-refractivity contribution in [1.82, 2.24) is 4.98 Å². The van der Waals surface area contributed by atoms with Crippen LogP contribution in [0.15, 0.2) is 18.3 Å². The average molecular weight is 223 g/mol. The van der Waals surface area contributed by atoms with E-state index >= 15 is 0 Å². The van der Waals surface area contributed by atoms with Crippen molar-refractivity contribution in [2.24, 2.45) is 0 Å². The molecule has 1 aromatic rings. The molecule has 0 atom stereocenters. The van der Waals surface area contributed by atoms with E-state index in [0.717, 1.165) is 11.4 Å². The summed E-state index contributed by atoms with van der Waals surface area (Å²) < 4.78 is 5.71. The Morgan fingerprint density at radius 2 is 1.75 bits per heavy atom. The van der Waals surface area contributed by atoms with E-state index in [1.807, 2.05) is 46.0 Å². The second kappa shape index (κ2) is 6.51. The smallest absolute Gasteiger partial charge is 0.141 e. The summed E-state index contributed by atoms with van der Waals surface area (Å²) in [5.74, 6) is 0.898. The van der Waals surface area contributed by atoms with E-state index in [2.05, 4.69) is 25.8 Å². The van der Waals surface area contributed by atoms with Crippen LogP contribution in [-0.4, -0.2) is 11.1 Å². The maximum absolute atomic E-state index is 5.71. The quantitative estimate of drug-likeness (QED) is 0.750. The molecule has 0 saturated carbocycles. The van der Waals surface area contributed by atoms with Crippen molar-refractivity contribution in [2.75, 3.05) is 0 Å². The van der Waals surface area contributed by atoms with Crippen molar-refractivity contribution in [3.05, 3.63) is 24.0 Å². The van der Waals surface area contributed by atoms with E-state index < -0.39 is 0 Å². The number of hydrogen-bond donors (Lipinski definition) is 0. The van der Waals surface area contributed by atoms with E-state index in [9.17, 15) is 0 Å². The maximum Gasteiger partial charge on any atom is 0.141 e. The zero-order valence-corrected chi connectivity index (χ0v) is 11.7. The second-order valence-corrected chi connectivity index (χ2v) is 4.77. The van der Waals surface area contributed by atoms with Crippen LogP contribution in [0.3, 0.4) is 0 Å². The van der Waals surface area contributed by atoms with E-state index in [1.54, 1.807) is 0 Å². The topological polar surface area (TPSA) is 22.1 Å².